The molecule has 4 rings (SSSR count). The predicted molar refractivity (Wildman–Crippen MR) is 98.8 cm³/mol. The van der Waals surface area contributed by atoms with Gasteiger partial charge in [0, 0.05) is 24.8 Å². The molecule has 0 spiro atoms. The monoisotopic (exact) mass is 372 g/mol. The van der Waals surface area contributed by atoms with Gasteiger partial charge in [-0.05, 0) is 42.7 Å². The molecule has 26 heavy (non-hydrogen) atoms. The number of para-hydroxylation sites is 1. The van der Waals surface area contributed by atoms with Gasteiger partial charge >= 0.3 is 0 Å². The largest absolute Gasteiger partial charge is 0.388 e. The van der Waals surface area contributed by atoms with Gasteiger partial charge in [-0.1, -0.05) is 18.2 Å². The minimum atomic E-state index is -3.79. The molecule has 1 amide bonds. The third kappa shape index (κ3) is 2.42. The van der Waals surface area contributed by atoms with Crippen molar-refractivity contribution in [2.75, 3.05) is 22.8 Å². The molecule has 0 fully saturated rings. The Bertz CT molecular complexity index is 1020. The number of amides is 1. The van der Waals surface area contributed by atoms with Crippen molar-refractivity contribution in [1.29, 1.82) is 0 Å². The number of fused-ring (bicyclic) bond motifs is 2. The first-order valence-electron chi connectivity index (χ1n) is 8.50. The second kappa shape index (κ2) is 5.82. The molecule has 7 heteroatoms. The minimum absolute atomic E-state index is 0.0446. The lowest BCUT2D eigenvalue weighted by Crippen LogP contribution is -2.37. The van der Waals surface area contributed by atoms with Crippen LogP contribution < -0.4 is 9.21 Å². The summed E-state index contributed by atoms with van der Waals surface area (Å²) in [5.41, 5.74) is 3.47. The lowest BCUT2D eigenvalue weighted by Gasteiger charge is -2.34. The van der Waals surface area contributed by atoms with Crippen molar-refractivity contribution in [3.8, 4) is 0 Å². The molecule has 1 atom stereocenters. The van der Waals surface area contributed by atoms with Crippen molar-refractivity contribution in [2.24, 2.45) is 0 Å². The second-order valence-corrected chi connectivity index (χ2v) is 8.68. The van der Waals surface area contributed by atoms with E-state index in [1.165, 1.54) is 4.31 Å². The number of aliphatic hydroxyl groups excluding tert-OH is 1. The Hall–Kier alpha value is -2.38. The smallest absolute Gasteiger partial charge is 0.264 e. The van der Waals surface area contributed by atoms with Crippen molar-refractivity contribution < 1.29 is 18.3 Å². The van der Waals surface area contributed by atoms with Crippen LogP contribution >= 0.6 is 0 Å². The Morgan fingerprint density at radius 2 is 1.96 bits per heavy atom. The van der Waals surface area contributed by atoms with Crippen LogP contribution in [0, 0.1) is 6.92 Å². The zero-order chi connectivity index (χ0) is 18.6. The van der Waals surface area contributed by atoms with Crippen LogP contribution in [0.25, 0.3) is 0 Å². The van der Waals surface area contributed by atoms with E-state index in [4.69, 9.17) is 0 Å². The van der Waals surface area contributed by atoms with Crippen molar-refractivity contribution in [1.82, 2.24) is 0 Å². The first-order valence-corrected chi connectivity index (χ1v) is 9.94. The number of nitrogens with zero attached hydrogens (tertiary/aromatic N) is 2. The number of aryl methyl sites for hydroxylation is 1. The SMILES string of the molecule is Cc1cccc2c1N(S(=O)(=O)c1ccc3c(c1)CC(=O)N3C)CCC2O. The zero-order valence-electron chi connectivity index (χ0n) is 14.6. The molecular weight excluding hydrogens is 352 g/mol. The fourth-order valence-electron chi connectivity index (χ4n) is 3.77. The molecule has 2 aliphatic rings. The maximum absolute atomic E-state index is 13.3. The van der Waals surface area contributed by atoms with E-state index < -0.39 is 16.1 Å². The van der Waals surface area contributed by atoms with Gasteiger partial charge < -0.3 is 10.0 Å². The predicted octanol–water partition coefficient (Wildman–Crippen LogP) is 2.15. The van der Waals surface area contributed by atoms with E-state index in [9.17, 15) is 18.3 Å². The van der Waals surface area contributed by atoms with Crippen LogP contribution in [0.2, 0.25) is 0 Å². The van der Waals surface area contributed by atoms with Crippen molar-refractivity contribution in [3.05, 3.63) is 53.1 Å². The van der Waals surface area contributed by atoms with Crippen LogP contribution in [0.4, 0.5) is 11.4 Å². The fraction of sp³-hybridized carbons (Fsp3) is 0.316. The molecule has 2 aromatic rings. The third-order valence-electron chi connectivity index (χ3n) is 5.20. The first-order chi connectivity index (χ1) is 12.3. The molecule has 136 valence electrons. The minimum Gasteiger partial charge on any atom is -0.388 e. The molecule has 1 N–H and O–H groups in total. The number of carbonyl (C=O) groups excluding carboxylic acids is 1. The highest BCUT2D eigenvalue weighted by Gasteiger charge is 2.34. The van der Waals surface area contributed by atoms with Gasteiger partial charge in [0.15, 0.2) is 0 Å². The third-order valence-corrected chi connectivity index (χ3v) is 6.99. The lowest BCUT2D eigenvalue weighted by molar-refractivity contribution is -0.117. The number of likely N-dealkylation sites (N-methyl/N-ethyl adjacent to an activating group) is 1. The number of hydrogen-bond donors (Lipinski definition) is 1. The molecule has 0 radical (unpaired) electrons. The maximum atomic E-state index is 13.3. The van der Waals surface area contributed by atoms with Crippen molar-refractivity contribution in [2.45, 2.75) is 30.8 Å². The second-order valence-electron chi connectivity index (χ2n) is 6.81. The molecular formula is C19H20N2O4S. The number of sulfonamides is 1. The quantitative estimate of drug-likeness (QED) is 0.876. The van der Waals surface area contributed by atoms with Crippen molar-refractivity contribution >= 4 is 27.3 Å². The van der Waals surface area contributed by atoms with Crippen LogP contribution in [-0.4, -0.2) is 33.0 Å². The molecule has 1 unspecified atom stereocenters. The molecule has 6 nitrogen and oxygen atoms in total. The normalized spacial score (nSPS) is 19.5. The van der Waals surface area contributed by atoms with Crippen LogP contribution in [0.5, 0.6) is 0 Å². The Balaban J connectivity index is 1.81. The fourth-order valence-corrected chi connectivity index (χ4v) is 5.39. The number of carbonyl (C=O) groups is 1. The van der Waals surface area contributed by atoms with Gasteiger partial charge in [-0.2, -0.15) is 0 Å². The summed E-state index contributed by atoms with van der Waals surface area (Å²) in [5, 5.41) is 10.3. The van der Waals surface area contributed by atoms with Gasteiger partial charge in [-0.15, -0.1) is 0 Å². The summed E-state index contributed by atoms with van der Waals surface area (Å²) in [7, 11) is -2.10. The van der Waals surface area contributed by atoms with Crippen LogP contribution in [0.15, 0.2) is 41.3 Å². The molecule has 0 aromatic heterocycles. The number of rotatable bonds is 2. The summed E-state index contributed by atoms with van der Waals surface area (Å²) < 4.78 is 28.0. The topological polar surface area (TPSA) is 77.9 Å². The molecule has 0 saturated carbocycles. The highest BCUT2D eigenvalue weighted by molar-refractivity contribution is 7.92. The summed E-state index contributed by atoms with van der Waals surface area (Å²) in [5.74, 6) is -0.0446. The number of hydrogen-bond acceptors (Lipinski definition) is 4. The number of benzene rings is 2. The van der Waals surface area contributed by atoms with E-state index in [-0.39, 0.29) is 23.8 Å². The van der Waals surface area contributed by atoms with E-state index in [2.05, 4.69) is 0 Å². The lowest BCUT2D eigenvalue weighted by atomic mass is 9.98. The number of aliphatic hydroxyl groups is 1. The molecule has 2 aliphatic heterocycles. The van der Waals surface area contributed by atoms with Gasteiger partial charge in [0.1, 0.15) is 0 Å². The average molecular weight is 372 g/mol. The van der Waals surface area contributed by atoms with E-state index in [0.717, 1.165) is 16.8 Å². The molecule has 0 saturated heterocycles. The van der Waals surface area contributed by atoms with Gasteiger partial charge in [0.2, 0.25) is 5.91 Å². The Morgan fingerprint density at radius 1 is 1.19 bits per heavy atom. The average Bonchev–Trinajstić information content (AvgIpc) is 2.89. The number of anilines is 2. The van der Waals surface area contributed by atoms with Crippen LogP contribution in [0.3, 0.4) is 0 Å². The summed E-state index contributed by atoms with van der Waals surface area (Å²) in [4.78, 5) is 13.6. The maximum Gasteiger partial charge on any atom is 0.264 e. The summed E-state index contributed by atoms with van der Waals surface area (Å²) in [6, 6.07) is 10.3. The molecule has 0 aliphatic carbocycles. The standard InChI is InChI=1S/C19H20N2O4S/c1-12-4-3-5-15-17(22)8-9-21(19(12)15)26(24,25)14-6-7-16-13(10-14)11-18(23)20(16)2/h3-7,10,17,22H,8-9,11H2,1-2H3. The summed E-state index contributed by atoms with van der Waals surface area (Å²) in [6.07, 6.45) is -0.103. The highest BCUT2D eigenvalue weighted by Crippen LogP contribution is 2.40. The van der Waals surface area contributed by atoms with Gasteiger partial charge in [0.25, 0.3) is 10.0 Å². The van der Waals surface area contributed by atoms with Gasteiger partial charge in [0.05, 0.1) is 23.1 Å². The Morgan fingerprint density at radius 3 is 2.73 bits per heavy atom. The van der Waals surface area contributed by atoms with Gasteiger partial charge in [-0.3, -0.25) is 9.10 Å². The van der Waals surface area contributed by atoms with E-state index in [1.807, 2.05) is 19.1 Å². The molecule has 0 bridgehead atoms. The Kier molecular flexibility index (Phi) is 3.82. The van der Waals surface area contributed by atoms with Gasteiger partial charge in [-0.25, -0.2) is 8.42 Å². The van der Waals surface area contributed by atoms with Crippen LogP contribution in [0.1, 0.15) is 29.2 Å². The zero-order valence-corrected chi connectivity index (χ0v) is 15.5. The van der Waals surface area contributed by atoms with E-state index in [1.54, 1.807) is 36.2 Å². The van der Waals surface area contributed by atoms with E-state index in [0.29, 0.717) is 17.7 Å². The summed E-state index contributed by atoms with van der Waals surface area (Å²) >= 11 is 0. The Labute approximate surface area is 152 Å². The first kappa shape index (κ1) is 17.1. The van der Waals surface area contributed by atoms with Crippen molar-refractivity contribution in [3.63, 3.8) is 0 Å². The summed E-state index contributed by atoms with van der Waals surface area (Å²) in [6.45, 7) is 2.06. The molecule has 2 aromatic carbocycles. The molecule has 2 heterocycles. The van der Waals surface area contributed by atoms with E-state index >= 15 is 0 Å². The highest BCUT2D eigenvalue weighted by atomic mass is 32.2. The van der Waals surface area contributed by atoms with Crippen LogP contribution in [-0.2, 0) is 21.2 Å².